The van der Waals surface area contributed by atoms with Gasteiger partial charge in [0.2, 0.25) is 11.8 Å². The van der Waals surface area contributed by atoms with Crippen LogP contribution in [0.1, 0.15) is 6.42 Å². The number of halogens is 4. The Morgan fingerprint density at radius 3 is 2.00 bits per heavy atom. The van der Waals surface area contributed by atoms with E-state index in [9.17, 15) is 22.4 Å². The molecule has 1 fully saturated rings. The first-order valence-electron chi connectivity index (χ1n) is 2.59. The van der Waals surface area contributed by atoms with Gasteiger partial charge in [-0.2, -0.15) is 0 Å². The minimum absolute atomic E-state index is 0.408. The standard InChI is InChI=1S/C5H4F4O/c6-3-4(7,2-10)1-5(3,8)9/h2-3H,1H2. The Balaban J connectivity index is 2.70. The molecule has 1 rings (SSSR count). The molecule has 0 aromatic heterocycles. The van der Waals surface area contributed by atoms with Crippen molar-refractivity contribution in [3.8, 4) is 0 Å². The molecule has 0 spiro atoms. The van der Waals surface area contributed by atoms with Crippen LogP contribution in [0, 0.1) is 0 Å². The summed E-state index contributed by atoms with van der Waals surface area (Å²) in [6, 6.07) is 0. The molecule has 0 bridgehead atoms. The summed E-state index contributed by atoms with van der Waals surface area (Å²) in [6.45, 7) is 0. The number of hydrogen-bond donors (Lipinski definition) is 0. The van der Waals surface area contributed by atoms with Crippen molar-refractivity contribution in [3.63, 3.8) is 0 Å². The molecule has 2 atom stereocenters. The fraction of sp³-hybridized carbons (Fsp3) is 0.800. The molecule has 5 heteroatoms. The molecule has 10 heavy (non-hydrogen) atoms. The van der Waals surface area contributed by atoms with Crippen molar-refractivity contribution in [2.24, 2.45) is 0 Å². The number of hydrogen-bond acceptors (Lipinski definition) is 1. The number of alkyl halides is 4. The quantitative estimate of drug-likeness (QED) is 0.412. The Labute approximate surface area is 54.0 Å². The number of rotatable bonds is 1. The summed E-state index contributed by atoms with van der Waals surface area (Å²) in [4.78, 5) is 9.66. The van der Waals surface area contributed by atoms with E-state index in [0.717, 1.165) is 0 Å². The normalized spacial score (nSPS) is 44.2. The third-order valence-electron chi connectivity index (χ3n) is 1.49. The highest BCUT2D eigenvalue weighted by molar-refractivity contribution is 5.66. The summed E-state index contributed by atoms with van der Waals surface area (Å²) < 4.78 is 48.0. The zero-order chi connectivity index (χ0) is 7.99. The monoisotopic (exact) mass is 156 g/mol. The Morgan fingerprint density at radius 2 is 1.90 bits per heavy atom. The molecule has 0 radical (unpaired) electrons. The Hall–Kier alpha value is -0.610. The van der Waals surface area contributed by atoms with Gasteiger partial charge in [0.1, 0.15) is 0 Å². The molecule has 1 saturated carbocycles. The van der Waals surface area contributed by atoms with Crippen LogP contribution in [0.2, 0.25) is 0 Å². The van der Waals surface area contributed by atoms with Crippen LogP contribution in [-0.2, 0) is 4.79 Å². The third kappa shape index (κ3) is 0.726. The molecule has 0 aromatic rings. The highest BCUT2D eigenvalue weighted by Crippen LogP contribution is 2.49. The van der Waals surface area contributed by atoms with Crippen molar-refractivity contribution >= 4 is 6.29 Å². The van der Waals surface area contributed by atoms with E-state index >= 15 is 0 Å². The average Bonchev–Trinajstić information content (AvgIpc) is 1.86. The second-order valence-electron chi connectivity index (χ2n) is 2.34. The average molecular weight is 156 g/mol. The number of aldehydes is 1. The largest absolute Gasteiger partial charge is 0.300 e. The van der Waals surface area contributed by atoms with Gasteiger partial charge in [-0.15, -0.1) is 0 Å². The van der Waals surface area contributed by atoms with Crippen molar-refractivity contribution in [2.75, 3.05) is 0 Å². The van der Waals surface area contributed by atoms with Crippen molar-refractivity contribution < 1.29 is 22.4 Å². The van der Waals surface area contributed by atoms with Crippen LogP contribution in [0.25, 0.3) is 0 Å². The summed E-state index contributed by atoms with van der Waals surface area (Å²) in [5.41, 5.74) is -2.94. The van der Waals surface area contributed by atoms with Crippen molar-refractivity contribution in [3.05, 3.63) is 0 Å². The maximum absolute atomic E-state index is 12.3. The van der Waals surface area contributed by atoms with Crippen molar-refractivity contribution in [2.45, 2.75) is 24.2 Å². The predicted octanol–water partition coefficient (Wildman–Crippen LogP) is 1.27. The van der Waals surface area contributed by atoms with E-state index < -0.39 is 30.5 Å². The van der Waals surface area contributed by atoms with Crippen LogP contribution < -0.4 is 0 Å². The van der Waals surface area contributed by atoms with Crippen molar-refractivity contribution in [1.82, 2.24) is 0 Å². The van der Waals surface area contributed by atoms with Gasteiger partial charge in [-0.3, -0.25) is 4.79 Å². The van der Waals surface area contributed by atoms with Gasteiger partial charge in [-0.25, -0.2) is 17.6 Å². The van der Waals surface area contributed by atoms with E-state index in [1.165, 1.54) is 0 Å². The first-order chi connectivity index (χ1) is 4.42. The first-order valence-corrected chi connectivity index (χ1v) is 2.59. The lowest BCUT2D eigenvalue weighted by Crippen LogP contribution is -2.62. The van der Waals surface area contributed by atoms with Gasteiger partial charge < -0.3 is 0 Å². The zero-order valence-electron chi connectivity index (χ0n) is 4.78. The summed E-state index contributed by atoms with van der Waals surface area (Å²) in [6.07, 6.45) is -4.70. The second kappa shape index (κ2) is 1.71. The molecule has 0 saturated heterocycles. The smallest absolute Gasteiger partial charge is 0.285 e. The Morgan fingerprint density at radius 1 is 1.40 bits per heavy atom. The van der Waals surface area contributed by atoms with Crippen LogP contribution in [0.15, 0.2) is 0 Å². The first kappa shape index (κ1) is 7.50. The van der Waals surface area contributed by atoms with Crippen molar-refractivity contribution in [1.29, 1.82) is 0 Å². The number of carbonyl (C=O) groups is 1. The lowest BCUT2D eigenvalue weighted by molar-refractivity contribution is -0.224. The minimum Gasteiger partial charge on any atom is -0.300 e. The number of carbonyl (C=O) groups excluding carboxylic acids is 1. The van der Waals surface area contributed by atoms with Gasteiger partial charge >= 0.3 is 0 Å². The summed E-state index contributed by atoms with van der Waals surface area (Å²) >= 11 is 0. The molecule has 1 aliphatic rings. The van der Waals surface area contributed by atoms with Crippen LogP contribution in [-0.4, -0.2) is 24.0 Å². The molecule has 0 aromatic carbocycles. The topological polar surface area (TPSA) is 17.1 Å². The molecule has 0 heterocycles. The Kier molecular flexibility index (Phi) is 1.28. The maximum Gasteiger partial charge on any atom is 0.285 e. The van der Waals surface area contributed by atoms with Gasteiger partial charge in [0, 0.05) is 0 Å². The van der Waals surface area contributed by atoms with E-state index in [-0.39, 0.29) is 0 Å². The maximum atomic E-state index is 12.3. The van der Waals surface area contributed by atoms with Gasteiger partial charge in [-0.1, -0.05) is 0 Å². The van der Waals surface area contributed by atoms with Gasteiger partial charge in [0.25, 0.3) is 5.92 Å². The molecule has 0 N–H and O–H groups in total. The predicted molar refractivity (Wildman–Crippen MR) is 24.4 cm³/mol. The van der Waals surface area contributed by atoms with Crippen LogP contribution in [0.3, 0.4) is 0 Å². The SMILES string of the molecule is O=CC1(F)CC(F)(F)C1F. The second-order valence-corrected chi connectivity index (χ2v) is 2.34. The molecular weight excluding hydrogens is 152 g/mol. The summed E-state index contributed by atoms with van der Waals surface area (Å²) in [5.74, 6) is -3.66. The lowest BCUT2D eigenvalue weighted by Gasteiger charge is -2.40. The van der Waals surface area contributed by atoms with Gasteiger partial charge in [-0.05, 0) is 0 Å². The molecular formula is C5H4F4O. The molecule has 1 aliphatic carbocycles. The molecule has 1 nitrogen and oxygen atoms in total. The molecule has 0 amide bonds. The third-order valence-corrected chi connectivity index (χ3v) is 1.49. The van der Waals surface area contributed by atoms with E-state index in [1.807, 2.05) is 0 Å². The summed E-state index contributed by atoms with van der Waals surface area (Å²) in [7, 11) is 0. The van der Waals surface area contributed by atoms with Crippen LogP contribution >= 0.6 is 0 Å². The fourth-order valence-electron chi connectivity index (χ4n) is 0.862. The van der Waals surface area contributed by atoms with Crippen LogP contribution in [0.5, 0.6) is 0 Å². The molecule has 0 aliphatic heterocycles. The molecule has 2 unspecified atom stereocenters. The Bertz CT molecular complexity index is 169. The van der Waals surface area contributed by atoms with E-state index in [4.69, 9.17) is 0 Å². The van der Waals surface area contributed by atoms with Gasteiger partial charge in [0.15, 0.2) is 6.29 Å². The summed E-state index contributed by atoms with van der Waals surface area (Å²) in [5, 5.41) is 0. The minimum atomic E-state index is -3.66. The van der Waals surface area contributed by atoms with Gasteiger partial charge in [0.05, 0.1) is 6.42 Å². The van der Waals surface area contributed by atoms with E-state index in [0.29, 0.717) is 0 Å². The molecule has 58 valence electrons. The highest BCUT2D eigenvalue weighted by Gasteiger charge is 2.68. The van der Waals surface area contributed by atoms with Crippen LogP contribution in [0.4, 0.5) is 17.6 Å². The fourth-order valence-corrected chi connectivity index (χ4v) is 0.862. The highest BCUT2D eigenvalue weighted by atomic mass is 19.3. The lowest BCUT2D eigenvalue weighted by atomic mass is 9.77. The zero-order valence-corrected chi connectivity index (χ0v) is 4.78. The van der Waals surface area contributed by atoms with E-state index in [2.05, 4.69) is 0 Å². The van der Waals surface area contributed by atoms with E-state index in [1.54, 1.807) is 0 Å².